The lowest BCUT2D eigenvalue weighted by Crippen LogP contribution is -2.23. The van der Waals surface area contributed by atoms with Gasteiger partial charge in [-0.25, -0.2) is 4.98 Å². The molecule has 0 saturated heterocycles. The van der Waals surface area contributed by atoms with Gasteiger partial charge < -0.3 is 4.74 Å². The smallest absolute Gasteiger partial charge is 0.313 e. The zero-order valence-electron chi connectivity index (χ0n) is 13.2. The third kappa shape index (κ3) is 3.16. The number of ether oxygens (including phenoxy) is 1. The molecule has 0 aliphatic carbocycles. The zero-order chi connectivity index (χ0) is 17.3. The summed E-state index contributed by atoms with van der Waals surface area (Å²) < 4.78 is 8.20. The first-order valence-electron chi connectivity index (χ1n) is 7.29. The van der Waals surface area contributed by atoms with E-state index in [0.29, 0.717) is 21.8 Å². The molecule has 0 fully saturated rings. The summed E-state index contributed by atoms with van der Waals surface area (Å²) in [5.41, 5.74) is 1.05. The fourth-order valence-corrected chi connectivity index (χ4v) is 2.57. The van der Waals surface area contributed by atoms with E-state index in [9.17, 15) is 9.59 Å². The highest BCUT2D eigenvalue weighted by molar-refractivity contribution is 6.30. The van der Waals surface area contributed by atoms with Crippen LogP contribution in [-0.2, 0) is 18.4 Å². The van der Waals surface area contributed by atoms with E-state index in [-0.39, 0.29) is 18.5 Å². The molecule has 0 unspecified atom stereocenters. The van der Waals surface area contributed by atoms with E-state index < -0.39 is 5.97 Å². The van der Waals surface area contributed by atoms with E-state index in [2.05, 4.69) is 10.1 Å². The summed E-state index contributed by atoms with van der Waals surface area (Å²) in [5, 5.41) is 5.00. The van der Waals surface area contributed by atoms with Crippen molar-refractivity contribution in [2.45, 2.75) is 19.9 Å². The molecule has 124 valence electrons. The molecule has 0 aliphatic heterocycles. The summed E-state index contributed by atoms with van der Waals surface area (Å²) in [6.45, 7) is 1.99. The minimum absolute atomic E-state index is 0.0510. The molecule has 3 aromatic rings. The van der Waals surface area contributed by atoms with Crippen molar-refractivity contribution in [1.29, 1.82) is 0 Å². The summed E-state index contributed by atoms with van der Waals surface area (Å²) in [7, 11) is 1.71. The number of halogens is 1. The molecule has 24 heavy (non-hydrogen) atoms. The molecule has 0 amide bonds. The van der Waals surface area contributed by atoms with Crippen LogP contribution < -0.4 is 10.3 Å². The number of benzene rings is 1. The van der Waals surface area contributed by atoms with Gasteiger partial charge in [0.25, 0.3) is 5.56 Å². The molecule has 0 aliphatic rings. The van der Waals surface area contributed by atoms with Gasteiger partial charge in [-0.2, -0.15) is 5.10 Å². The van der Waals surface area contributed by atoms with Crippen LogP contribution in [0, 0.1) is 6.92 Å². The Bertz CT molecular complexity index is 977. The van der Waals surface area contributed by atoms with Crippen LogP contribution in [0.4, 0.5) is 0 Å². The molecule has 0 radical (unpaired) electrons. The quantitative estimate of drug-likeness (QED) is 0.534. The van der Waals surface area contributed by atoms with Gasteiger partial charge in [-0.05, 0) is 30.7 Å². The van der Waals surface area contributed by atoms with E-state index in [4.69, 9.17) is 16.3 Å². The molecule has 0 saturated carbocycles. The summed E-state index contributed by atoms with van der Waals surface area (Å²) in [6.07, 6.45) is 2.93. The lowest BCUT2D eigenvalue weighted by atomic mass is 10.2. The van der Waals surface area contributed by atoms with Gasteiger partial charge in [-0.1, -0.05) is 11.6 Å². The maximum Gasteiger partial charge on any atom is 0.313 e. The molecular formula is C16H15ClN4O3. The summed E-state index contributed by atoms with van der Waals surface area (Å²) in [6, 6.07) is 5.02. The van der Waals surface area contributed by atoms with Crippen molar-refractivity contribution in [3.8, 4) is 5.75 Å². The normalized spacial score (nSPS) is 11.0. The number of rotatable bonds is 4. The van der Waals surface area contributed by atoms with E-state index in [0.717, 1.165) is 5.56 Å². The second-order valence-corrected chi connectivity index (χ2v) is 5.82. The highest BCUT2D eigenvalue weighted by Gasteiger charge is 2.11. The topological polar surface area (TPSA) is 79.0 Å². The molecule has 3 rings (SSSR count). The lowest BCUT2D eigenvalue weighted by Gasteiger charge is -2.08. The number of hydrogen-bond donors (Lipinski definition) is 0. The Hall–Kier alpha value is -2.67. The summed E-state index contributed by atoms with van der Waals surface area (Å²) >= 11 is 5.87. The minimum atomic E-state index is -0.432. The monoisotopic (exact) mass is 346 g/mol. The van der Waals surface area contributed by atoms with Crippen LogP contribution in [0.2, 0.25) is 5.02 Å². The third-order valence-electron chi connectivity index (χ3n) is 3.64. The van der Waals surface area contributed by atoms with Crippen molar-refractivity contribution < 1.29 is 9.53 Å². The Morgan fingerprint density at radius 1 is 1.38 bits per heavy atom. The van der Waals surface area contributed by atoms with Gasteiger partial charge in [0.1, 0.15) is 11.1 Å². The lowest BCUT2D eigenvalue weighted by molar-refractivity contribution is -0.134. The van der Waals surface area contributed by atoms with Gasteiger partial charge in [0, 0.05) is 18.6 Å². The van der Waals surface area contributed by atoms with Gasteiger partial charge in [0.15, 0.2) is 5.65 Å². The van der Waals surface area contributed by atoms with Gasteiger partial charge in [-0.15, -0.1) is 0 Å². The van der Waals surface area contributed by atoms with Crippen LogP contribution in [0.1, 0.15) is 12.0 Å². The van der Waals surface area contributed by atoms with Crippen LogP contribution in [-0.4, -0.2) is 25.3 Å². The standard InChI is InChI=1S/C16H15ClN4O3/c1-10-7-11(17)3-4-13(10)24-14(22)5-6-21-9-18-15-12(16(21)23)8-19-20(15)2/h3-4,7-9H,5-6H2,1-2H3. The van der Waals surface area contributed by atoms with Gasteiger partial charge in [0.05, 0.1) is 18.9 Å². The van der Waals surface area contributed by atoms with Crippen molar-refractivity contribution in [2.24, 2.45) is 7.05 Å². The molecule has 1 aromatic carbocycles. The van der Waals surface area contributed by atoms with Crippen LogP contribution in [0.15, 0.2) is 35.5 Å². The number of nitrogens with zero attached hydrogens (tertiary/aromatic N) is 4. The zero-order valence-corrected chi connectivity index (χ0v) is 13.9. The highest BCUT2D eigenvalue weighted by Crippen LogP contribution is 2.22. The van der Waals surface area contributed by atoms with E-state index in [1.165, 1.54) is 21.8 Å². The van der Waals surface area contributed by atoms with Crippen LogP contribution in [0.25, 0.3) is 11.0 Å². The van der Waals surface area contributed by atoms with Gasteiger partial charge in [-0.3, -0.25) is 18.8 Å². The predicted octanol–water partition coefficient (Wildman–Crippen LogP) is 2.09. The Labute approximate surface area is 142 Å². The Kier molecular flexibility index (Phi) is 4.35. The largest absolute Gasteiger partial charge is 0.426 e. The number of carbonyl (C=O) groups excluding carboxylic acids is 1. The number of carbonyl (C=O) groups is 1. The molecule has 2 heterocycles. The molecule has 0 spiro atoms. The van der Waals surface area contributed by atoms with E-state index >= 15 is 0 Å². The highest BCUT2D eigenvalue weighted by atomic mass is 35.5. The number of aryl methyl sites for hydroxylation is 3. The maximum atomic E-state index is 12.3. The third-order valence-corrected chi connectivity index (χ3v) is 3.87. The van der Waals surface area contributed by atoms with Crippen molar-refractivity contribution in [2.75, 3.05) is 0 Å². The SMILES string of the molecule is Cc1cc(Cl)ccc1OC(=O)CCn1cnc2c(cnn2C)c1=O. The first-order valence-corrected chi connectivity index (χ1v) is 7.67. The molecule has 8 heteroatoms. The van der Waals surface area contributed by atoms with E-state index in [1.807, 2.05) is 0 Å². The molecular weight excluding hydrogens is 332 g/mol. The van der Waals surface area contributed by atoms with Crippen LogP contribution in [0.3, 0.4) is 0 Å². The van der Waals surface area contributed by atoms with Crippen molar-refractivity contribution >= 4 is 28.6 Å². The Balaban J connectivity index is 1.70. The molecule has 0 N–H and O–H groups in total. The number of aromatic nitrogens is 4. The van der Waals surface area contributed by atoms with Crippen molar-refractivity contribution in [3.63, 3.8) is 0 Å². The first kappa shape index (κ1) is 16.2. The van der Waals surface area contributed by atoms with Crippen molar-refractivity contribution in [1.82, 2.24) is 19.3 Å². The second kappa shape index (κ2) is 6.45. The Morgan fingerprint density at radius 2 is 2.17 bits per heavy atom. The number of esters is 1. The Morgan fingerprint density at radius 3 is 2.92 bits per heavy atom. The molecule has 7 nitrogen and oxygen atoms in total. The van der Waals surface area contributed by atoms with Crippen LogP contribution in [0.5, 0.6) is 5.75 Å². The maximum absolute atomic E-state index is 12.3. The van der Waals surface area contributed by atoms with Gasteiger partial charge >= 0.3 is 5.97 Å². The fourth-order valence-electron chi connectivity index (χ4n) is 2.34. The second-order valence-electron chi connectivity index (χ2n) is 5.38. The molecule has 0 bridgehead atoms. The van der Waals surface area contributed by atoms with Crippen LogP contribution >= 0.6 is 11.6 Å². The molecule has 0 atom stereocenters. The summed E-state index contributed by atoms with van der Waals surface area (Å²) in [4.78, 5) is 28.5. The molecule has 2 aromatic heterocycles. The summed E-state index contributed by atoms with van der Waals surface area (Å²) in [5.74, 6) is 0.0242. The minimum Gasteiger partial charge on any atom is -0.426 e. The number of fused-ring (bicyclic) bond motifs is 1. The predicted molar refractivity (Wildman–Crippen MR) is 89.2 cm³/mol. The fraction of sp³-hybridized carbons (Fsp3) is 0.250. The van der Waals surface area contributed by atoms with Crippen molar-refractivity contribution in [3.05, 3.63) is 51.7 Å². The number of hydrogen-bond acceptors (Lipinski definition) is 5. The average molecular weight is 347 g/mol. The van der Waals surface area contributed by atoms with E-state index in [1.54, 1.807) is 32.2 Å². The first-order chi connectivity index (χ1) is 11.5. The van der Waals surface area contributed by atoms with Gasteiger partial charge in [0.2, 0.25) is 0 Å². The average Bonchev–Trinajstić information content (AvgIpc) is 2.92.